The first-order chi connectivity index (χ1) is 11.2. The van der Waals surface area contributed by atoms with Gasteiger partial charge in [0, 0.05) is 18.2 Å². The van der Waals surface area contributed by atoms with Crippen LogP contribution in [0.15, 0.2) is 18.2 Å². The van der Waals surface area contributed by atoms with Gasteiger partial charge in [0.1, 0.15) is 11.5 Å². The molecule has 0 saturated heterocycles. The Labute approximate surface area is 141 Å². The second-order valence-corrected chi connectivity index (χ2v) is 5.73. The van der Waals surface area contributed by atoms with Gasteiger partial charge in [0.2, 0.25) is 0 Å². The van der Waals surface area contributed by atoms with Crippen LogP contribution in [0.2, 0.25) is 0 Å². The fourth-order valence-electron chi connectivity index (χ4n) is 2.44. The first-order valence-electron chi connectivity index (χ1n) is 8.96. The minimum atomic E-state index is -0.511. The van der Waals surface area contributed by atoms with Gasteiger partial charge < -0.3 is 19.5 Å². The molecule has 23 heavy (non-hydrogen) atoms. The molecule has 0 aliphatic heterocycles. The summed E-state index contributed by atoms with van der Waals surface area (Å²) in [5.41, 5.74) is 0.856. The number of hydrogen-bond donors (Lipinski definition) is 1. The lowest BCUT2D eigenvalue weighted by molar-refractivity contribution is 0.140. The van der Waals surface area contributed by atoms with E-state index in [9.17, 15) is 5.11 Å². The Balaban J connectivity index is 2.80. The highest BCUT2D eigenvalue weighted by molar-refractivity contribution is 5.42. The van der Waals surface area contributed by atoms with Crippen LogP contribution in [0.3, 0.4) is 0 Å². The maximum atomic E-state index is 10.6. The monoisotopic (exact) mass is 323 g/mol. The van der Waals surface area contributed by atoms with Crippen LogP contribution in [0.25, 0.3) is 0 Å². The van der Waals surface area contributed by atoms with Crippen molar-refractivity contribution in [3.05, 3.63) is 23.8 Å². The summed E-state index contributed by atoms with van der Waals surface area (Å²) in [5, 5.41) is 10.6. The van der Waals surface area contributed by atoms with Gasteiger partial charge >= 0.3 is 0 Å². The minimum Gasteiger partial charge on any atom is -0.493 e. The summed E-state index contributed by atoms with van der Waals surface area (Å²) in [6.45, 7) is 12.7. The number of hydrogen-bond acceptors (Lipinski definition) is 4. The van der Waals surface area contributed by atoms with E-state index in [-0.39, 0.29) is 0 Å². The van der Waals surface area contributed by atoms with Gasteiger partial charge in [-0.05, 0) is 44.5 Å². The molecule has 0 saturated carbocycles. The molecule has 0 aliphatic carbocycles. The smallest absolute Gasteiger partial charge is 0.128 e. The van der Waals surface area contributed by atoms with Crippen LogP contribution in [-0.4, -0.2) is 42.9 Å². The highest BCUT2D eigenvalue weighted by Gasteiger charge is 2.16. The van der Waals surface area contributed by atoms with E-state index in [0.29, 0.717) is 19.6 Å². The van der Waals surface area contributed by atoms with Gasteiger partial charge in [0.25, 0.3) is 0 Å². The first-order valence-corrected chi connectivity index (χ1v) is 8.96. The lowest BCUT2D eigenvalue weighted by Gasteiger charge is -2.22. The average molecular weight is 323 g/mol. The Hall–Kier alpha value is -1.26. The van der Waals surface area contributed by atoms with Crippen LogP contribution < -0.4 is 9.47 Å². The van der Waals surface area contributed by atoms with E-state index in [2.05, 4.69) is 32.6 Å². The molecule has 1 atom stereocenters. The van der Waals surface area contributed by atoms with Crippen molar-refractivity contribution >= 4 is 0 Å². The van der Waals surface area contributed by atoms with Crippen LogP contribution >= 0.6 is 0 Å². The van der Waals surface area contributed by atoms with Crippen LogP contribution in [0.4, 0.5) is 0 Å². The molecule has 0 aromatic heterocycles. The van der Waals surface area contributed by atoms with Gasteiger partial charge in [-0.25, -0.2) is 0 Å². The molecule has 1 rings (SSSR count). The first kappa shape index (κ1) is 19.8. The highest BCUT2D eigenvalue weighted by Crippen LogP contribution is 2.31. The SMILES string of the molecule is CCCOc1ccc(C(O)CCN(CC)CC)c(OCCC)c1. The molecule has 0 amide bonds. The van der Waals surface area contributed by atoms with Crippen molar-refractivity contribution in [3.63, 3.8) is 0 Å². The number of aliphatic hydroxyl groups is 1. The third-order valence-corrected chi connectivity index (χ3v) is 3.89. The second kappa shape index (κ2) is 11.3. The standard InChI is InChI=1S/C19H33NO3/c1-5-13-22-16-9-10-17(19(15-16)23-14-6-2)18(21)11-12-20(7-3)8-4/h9-10,15,18,21H,5-8,11-14H2,1-4H3. The van der Waals surface area contributed by atoms with Crippen molar-refractivity contribution in [1.82, 2.24) is 4.90 Å². The van der Waals surface area contributed by atoms with E-state index in [1.165, 1.54) is 0 Å². The minimum absolute atomic E-state index is 0.511. The zero-order chi connectivity index (χ0) is 17.1. The maximum absolute atomic E-state index is 10.6. The Morgan fingerprint density at radius 2 is 1.65 bits per heavy atom. The largest absolute Gasteiger partial charge is 0.493 e. The number of rotatable bonds is 12. The maximum Gasteiger partial charge on any atom is 0.128 e. The van der Waals surface area contributed by atoms with E-state index in [1.54, 1.807) is 0 Å². The predicted molar refractivity (Wildman–Crippen MR) is 95.4 cm³/mol. The summed E-state index contributed by atoms with van der Waals surface area (Å²) >= 11 is 0. The van der Waals surface area contributed by atoms with E-state index >= 15 is 0 Å². The topological polar surface area (TPSA) is 41.9 Å². The van der Waals surface area contributed by atoms with E-state index in [0.717, 1.165) is 49.5 Å². The van der Waals surface area contributed by atoms with Crippen LogP contribution in [-0.2, 0) is 0 Å². The summed E-state index contributed by atoms with van der Waals surface area (Å²) in [6, 6.07) is 5.76. The molecule has 0 radical (unpaired) electrons. The molecule has 1 unspecified atom stereocenters. The molecule has 4 nitrogen and oxygen atoms in total. The zero-order valence-corrected chi connectivity index (χ0v) is 15.2. The van der Waals surface area contributed by atoms with Gasteiger partial charge in [-0.15, -0.1) is 0 Å². The molecule has 4 heteroatoms. The molecule has 0 heterocycles. The molecule has 1 aromatic carbocycles. The van der Waals surface area contributed by atoms with Gasteiger partial charge in [-0.1, -0.05) is 27.7 Å². The highest BCUT2D eigenvalue weighted by atomic mass is 16.5. The Morgan fingerprint density at radius 1 is 1.00 bits per heavy atom. The summed E-state index contributed by atoms with van der Waals surface area (Å²) in [7, 11) is 0. The number of benzene rings is 1. The van der Waals surface area contributed by atoms with Gasteiger partial charge in [0.05, 0.1) is 19.3 Å². The molecule has 0 aliphatic rings. The van der Waals surface area contributed by atoms with Crippen LogP contribution in [0.5, 0.6) is 11.5 Å². The van der Waals surface area contributed by atoms with Gasteiger partial charge in [-0.3, -0.25) is 0 Å². The van der Waals surface area contributed by atoms with Crippen molar-refractivity contribution < 1.29 is 14.6 Å². The van der Waals surface area contributed by atoms with Crippen LogP contribution in [0.1, 0.15) is 58.6 Å². The molecular weight excluding hydrogens is 290 g/mol. The van der Waals surface area contributed by atoms with E-state index in [4.69, 9.17) is 9.47 Å². The van der Waals surface area contributed by atoms with Crippen molar-refractivity contribution in [1.29, 1.82) is 0 Å². The Bertz CT molecular complexity index is 433. The Morgan fingerprint density at radius 3 is 2.26 bits per heavy atom. The van der Waals surface area contributed by atoms with E-state index < -0.39 is 6.10 Å². The summed E-state index contributed by atoms with van der Waals surface area (Å²) in [4.78, 5) is 2.31. The molecule has 1 aromatic rings. The van der Waals surface area contributed by atoms with Crippen LogP contribution in [0, 0.1) is 0 Å². The van der Waals surface area contributed by atoms with Crippen molar-refractivity contribution in [2.24, 2.45) is 0 Å². The Kier molecular flexibility index (Phi) is 9.72. The number of aliphatic hydroxyl groups excluding tert-OH is 1. The van der Waals surface area contributed by atoms with Gasteiger partial charge in [0.15, 0.2) is 0 Å². The third kappa shape index (κ3) is 6.80. The quantitative estimate of drug-likeness (QED) is 0.630. The number of ether oxygens (including phenoxy) is 2. The second-order valence-electron chi connectivity index (χ2n) is 5.73. The summed E-state index contributed by atoms with van der Waals surface area (Å²) in [5.74, 6) is 1.55. The van der Waals surface area contributed by atoms with E-state index in [1.807, 2.05) is 18.2 Å². The predicted octanol–water partition coefficient (Wildman–Crippen LogP) is 4.03. The normalized spacial score (nSPS) is 12.4. The molecule has 0 fully saturated rings. The lowest BCUT2D eigenvalue weighted by Crippen LogP contribution is -2.25. The molecule has 132 valence electrons. The fraction of sp³-hybridized carbons (Fsp3) is 0.684. The van der Waals surface area contributed by atoms with Crippen molar-refractivity contribution in [2.75, 3.05) is 32.8 Å². The summed E-state index contributed by atoms with van der Waals surface area (Å²) in [6.07, 6.45) is 2.11. The zero-order valence-electron chi connectivity index (χ0n) is 15.2. The van der Waals surface area contributed by atoms with Crippen molar-refractivity contribution in [2.45, 2.75) is 53.1 Å². The molecule has 0 spiro atoms. The molecule has 1 N–H and O–H groups in total. The fourth-order valence-corrected chi connectivity index (χ4v) is 2.44. The molecule has 0 bridgehead atoms. The third-order valence-electron chi connectivity index (χ3n) is 3.89. The van der Waals surface area contributed by atoms with Gasteiger partial charge in [-0.2, -0.15) is 0 Å². The molecular formula is C19H33NO3. The average Bonchev–Trinajstić information content (AvgIpc) is 2.58. The lowest BCUT2D eigenvalue weighted by atomic mass is 10.0. The van der Waals surface area contributed by atoms with Crippen molar-refractivity contribution in [3.8, 4) is 11.5 Å². The number of nitrogens with zero attached hydrogens (tertiary/aromatic N) is 1. The summed E-state index contributed by atoms with van der Waals surface area (Å²) < 4.78 is 11.5.